The third-order valence-electron chi connectivity index (χ3n) is 7.86. The maximum atomic E-state index is 13.8. The molecule has 0 spiro atoms. The van der Waals surface area contributed by atoms with Crippen molar-refractivity contribution in [2.75, 3.05) is 73.0 Å². The number of anilines is 3. The number of thioether (sulfide) groups is 1. The van der Waals surface area contributed by atoms with Gasteiger partial charge in [-0.25, -0.2) is 13.2 Å². The maximum absolute atomic E-state index is 13.8. The third kappa shape index (κ3) is 11.7. The van der Waals surface area contributed by atoms with E-state index in [2.05, 4.69) is 24.1 Å². The molecule has 1 saturated heterocycles. The summed E-state index contributed by atoms with van der Waals surface area (Å²) in [5.74, 6) is 1.40. The van der Waals surface area contributed by atoms with Crippen LogP contribution < -0.4 is 14.5 Å². The van der Waals surface area contributed by atoms with Gasteiger partial charge in [-0.1, -0.05) is 33.1 Å². The number of piperazine rings is 1. The summed E-state index contributed by atoms with van der Waals surface area (Å²) in [5.41, 5.74) is 1.31. The molecule has 0 radical (unpaired) electrons. The molecule has 1 N–H and O–H groups in total. The third-order valence-corrected chi connectivity index (χ3v) is 10.1. The Labute approximate surface area is 280 Å². The number of unbranched alkanes of at least 4 members (excludes halogenated alkanes) is 1. The van der Waals surface area contributed by atoms with Crippen LogP contribution in [0.2, 0.25) is 0 Å². The molecule has 2 aromatic rings. The lowest BCUT2D eigenvalue weighted by Gasteiger charge is -2.37. The van der Waals surface area contributed by atoms with E-state index in [4.69, 9.17) is 9.47 Å². The lowest BCUT2D eigenvalue weighted by molar-refractivity contribution is 0.0240. The summed E-state index contributed by atoms with van der Waals surface area (Å²) in [7, 11) is -2.21. The van der Waals surface area contributed by atoms with Gasteiger partial charge in [0.15, 0.2) is 0 Å². The van der Waals surface area contributed by atoms with Crippen LogP contribution in [0.5, 0.6) is 0 Å². The molecule has 1 atom stereocenters. The van der Waals surface area contributed by atoms with Gasteiger partial charge in [0.1, 0.15) is 5.60 Å². The highest BCUT2D eigenvalue weighted by Gasteiger charge is 2.28. The van der Waals surface area contributed by atoms with Crippen molar-refractivity contribution in [1.82, 2.24) is 4.90 Å². The number of carbonyl (C=O) groups excluding carboxylic acids is 2. The average molecular weight is 677 g/mol. The van der Waals surface area contributed by atoms with E-state index in [9.17, 15) is 18.0 Å². The van der Waals surface area contributed by atoms with Gasteiger partial charge in [-0.2, -0.15) is 0 Å². The van der Waals surface area contributed by atoms with Gasteiger partial charge in [0, 0.05) is 49.6 Å². The summed E-state index contributed by atoms with van der Waals surface area (Å²) >= 11 is 1.81. The van der Waals surface area contributed by atoms with Gasteiger partial charge in [0.25, 0.3) is 5.91 Å². The van der Waals surface area contributed by atoms with E-state index >= 15 is 0 Å². The topological polar surface area (TPSA) is 108 Å². The zero-order chi connectivity index (χ0) is 33.9. The van der Waals surface area contributed by atoms with E-state index in [0.29, 0.717) is 31.9 Å². The standard InChI is InChI=1S/C34H52N4O6S2/c1-8-26(2)11-9-10-24-45-29-15-12-27(13-16-29)35-32(39)30-25-28(14-17-31(30)38(22-23-43-6)46(7,41)42)36-18-20-37(21-19-36)33(40)44-34(3,4)5/h12-17,25-26H,8-11,18-24H2,1-7H3,(H,35,39)/t26-/m1/s1. The van der Waals surface area contributed by atoms with Gasteiger partial charge in [-0.05, 0) is 81.3 Å². The number of hydrogen-bond acceptors (Lipinski definition) is 8. The largest absolute Gasteiger partial charge is 0.444 e. The molecule has 0 saturated carbocycles. The number of nitrogens with zero attached hydrogens (tertiary/aromatic N) is 3. The van der Waals surface area contributed by atoms with Crippen molar-refractivity contribution in [1.29, 1.82) is 0 Å². The van der Waals surface area contributed by atoms with Crippen molar-refractivity contribution in [2.45, 2.75) is 70.8 Å². The minimum absolute atomic E-state index is 0.0623. The monoisotopic (exact) mass is 676 g/mol. The number of benzene rings is 2. The SMILES string of the molecule is CC[C@@H](C)CCCCSc1ccc(NC(=O)c2cc(N3CCN(C(=O)OC(C)(C)C)CC3)ccc2N(CCOC)S(C)(=O)=O)cc1. The molecule has 1 aliphatic rings. The Kier molecular flexibility index (Phi) is 14.1. The van der Waals surface area contributed by atoms with Crippen molar-refractivity contribution in [2.24, 2.45) is 5.92 Å². The molecule has 0 unspecified atom stereocenters. The molecule has 256 valence electrons. The first kappa shape index (κ1) is 37.5. The lowest BCUT2D eigenvalue weighted by atomic mass is 10.0. The van der Waals surface area contributed by atoms with Crippen LogP contribution >= 0.6 is 11.8 Å². The summed E-state index contributed by atoms with van der Waals surface area (Å²) in [6, 6.07) is 12.9. The Balaban J connectivity index is 1.78. The van der Waals surface area contributed by atoms with Crippen LogP contribution in [0.4, 0.5) is 21.9 Å². The molecule has 2 aromatic carbocycles. The first-order chi connectivity index (χ1) is 21.7. The summed E-state index contributed by atoms with van der Waals surface area (Å²) in [6.07, 6.45) is 5.65. The van der Waals surface area contributed by atoms with E-state index < -0.39 is 21.5 Å². The number of ether oxygens (including phenoxy) is 2. The van der Waals surface area contributed by atoms with Crippen molar-refractivity contribution in [3.05, 3.63) is 48.0 Å². The zero-order valence-corrected chi connectivity index (χ0v) is 30.1. The fourth-order valence-electron chi connectivity index (χ4n) is 5.05. The molecule has 0 aliphatic carbocycles. The Bertz CT molecular complexity index is 1390. The van der Waals surface area contributed by atoms with E-state index in [0.717, 1.165) is 28.5 Å². The number of rotatable bonds is 15. The van der Waals surface area contributed by atoms with Gasteiger partial charge >= 0.3 is 6.09 Å². The molecule has 1 fully saturated rings. The van der Waals surface area contributed by atoms with Crippen LogP contribution in [0.15, 0.2) is 47.4 Å². The second-order valence-corrected chi connectivity index (χ2v) is 15.9. The van der Waals surface area contributed by atoms with Gasteiger partial charge < -0.3 is 24.6 Å². The fourth-order valence-corrected chi connectivity index (χ4v) is 6.89. The lowest BCUT2D eigenvalue weighted by Crippen LogP contribution is -2.50. The second kappa shape index (κ2) is 17.3. The molecule has 2 amide bonds. The molecule has 10 nitrogen and oxygen atoms in total. The van der Waals surface area contributed by atoms with Crippen LogP contribution in [0.25, 0.3) is 0 Å². The molecule has 1 heterocycles. The Morgan fingerprint density at radius 1 is 1.04 bits per heavy atom. The van der Waals surface area contributed by atoms with E-state index in [1.54, 1.807) is 28.8 Å². The highest BCUT2D eigenvalue weighted by molar-refractivity contribution is 7.99. The quantitative estimate of drug-likeness (QED) is 0.164. The number of carbonyl (C=O) groups is 2. The predicted octanol–water partition coefficient (Wildman–Crippen LogP) is 6.72. The smallest absolute Gasteiger partial charge is 0.410 e. The molecule has 0 bridgehead atoms. The van der Waals surface area contributed by atoms with Crippen LogP contribution in [-0.4, -0.2) is 89.4 Å². The first-order valence-corrected chi connectivity index (χ1v) is 18.9. The fraction of sp³-hybridized carbons (Fsp3) is 0.588. The molecule has 0 aromatic heterocycles. The van der Waals surface area contributed by atoms with Crippen molar-refractivity contribution in [3.8, 4) is 0 Å². The molecular formula is C34H52N4O6S2. The summed E-state index contributed by atoms with van der Waals surface area (Å²) in [5, 5.41) is 2.97. The van der Waals surface area contributed by atoms with Crippen molar-refractivity contribution in [3.63, 3.8) is 0 Å². The van der Waals surface area contributed by atoms with E-state index in [-0.39, 0.29) is 30.5 Å². The summed E-state index contributed by atoms with van der Waals surface area (Å²) in [6.45, 7) is 12.3. The molecule has 1 aliphatic heterocycles. The van der Waals surface area contributed by atoms with Crippen LogP contribution in [0.1, 0.15) is 70.7 Å². The summed E-state index contributed by atoms with van der Waals surface area (Å²) in [4.78, 5) is 31.3. The zero-order valence-electron chi connectivity index (χ0n) is 28.5. The van der Waals surface area contributed by atoms with Crippen molar-refractivity contribution >= 4 is 50.8 Å². The van der Waals surface area contributed by atoms with E-state index in [1.165, 1.54) is 37.1 Å². The van der Waals surface area contributed by atoms with Crippen LogP contribution in [0.3, 0.4) is 0 Å². The minimum Gasteiger partial charge on any atom is -0.444 e. The highest BCUT2D eigenvalue weighted by atomic mass is 32.2. The molecule has 46 heavy (non-hydrogen) atoms. The molecular weight excluding hydrogens is 625 g/mol. The number of methoxy groups -OCH3 is 1. The van der Waals surface area contributed by atoms with E-state index in [1.807, 2.05) is 51.1 Å². The van der Waals surface area contributed by atoms with Gasteiger partial charge in [0.2, 0.25) is 10.0 Å². The second-order valence-electron chi connectivity index (χ2n) is 12.8. The summed E-state index contributed by atoms with van der Waals surface area (Å²) < 4.78 is 37.6. The highest BCUT2D eigenvalue weighted by Crippen LogP contribution is 2.30. The van der Waals surface area contributed by atoms with Crippen molar-refractivity contribution < 1.29 is 27.5 Å². The van der Waals surface area contributed by atoms with Gasteiger partial charge in [-0.3, -0.25) is 9.10 Å². The Morgan fingerprint density at radius 3 is 2.30 bits per heavy atom. The number of amides is 2. The number of sulfonamides is 1. The molecule has 12 heteroatoms. The van der Waals surface area contributed by atoms with Gasteiger partial charge in [-0.15, -0.1) is 11.8 Å². The first-order valence-electron chi connectivity index (χ1n) is 16.1. The number of nitrogens with one attached hydrogen (secondary N) is 1. The Morgan fingerprint density at radius 2 is 1.72 bits per heavy atom. The normalized spacial score (nSPS) is 14.6. The Hall–Kier alpha value is -2.96. The van der Waals surface area contributed by atoms with Crippen LogP contribution in [-0.2, 0) is 19.5 Å². The van der Waals surface area contributed by atoms with Gasteiger partial charge in [0.05, 0.1) is 30.7 Å². The number of hydrogen-bond donors (Lipinski definition) is 1. The molecule has 3 rings (SSSR count). The minimum atomic E-state index is -3.72. The predicted molar refractivity (Wildman–Crippen MR) is 189 cm³/mol. The maximum Gasteiger partial charge on any atom is 0.410 e. The average Bonchev–Trinajstić information content (AvgIpc) is 3.00. The van der Waals surface area contributed by atoms with Crippen LogP contribution in [0, 0.1) is 5.92 Å².